The number of hydrogen-bond acceptors (Lipinski definition) is 2. The zero-order valence-corrected chi connectivity index (χ0v) is 8.65. The fourth-order valence-corrected chi connectivity index (χ4v) is 1.50. The SMILES string of the molecule is O=C(c1ccccc1)C1C=C(Cl)C=CO1. The Morgan fingerprint density at radius 2 is 2.00 bits per heavy atom. The molecule has 0 fully saturated rings. The van der Waals surface area contributed by atoms with Gasteiger partial charge in [-0.1, -0.05) is 41.9 Å². The van der Waals surface area contributed by atoms with Crippen LogP contribution in [0.25, 0.3) is 0 Å². The van der Waals surface area contributed by atoms with Crippen LogP contribution in [-0.4, -0.2) is 11.9 Å². The van der Waals surface area contributed by atoms with Gasteiger partial charge in [0.1, 0.15) is 0 Å². The lowest BCUT2D eigenvalue weighted by molar-refractivity contribution is 0.0784. The van der Waals surface area contributed by atoms with Crippen molar-refractivity contribution in [1.29, 1.82) is 0 Å². The van der Waals surface area contributed by atoms with Gasteiger partial charge in [0.2, 0.25) is 5.78 Å². The lowest BCUT2D eigenvalue weighted by Crippen LogP contribution is -2.21. The molecule has 1 aliphatic rings. The molecular formula is C12H9ClO2. The fourth-order valence-electron chi connectivity index (χ4n) is 1.33. The zero-order valence-electron chi connectivity index (χ0n) is 7.89. The van der Waals surface area contributed by atoms with Gasteiger partial charge in [0.05, 0.1) is 6.26 Å². The van der Waals surface area contributed by atoms with Crippen molar-refractivity contribution in [3.8, 4) is 0 Å². The molecule has 0 amide bonds. The average molecular weight is 221 g/mol. The van der Waals surface area contributed by atoms with Crippen molar-refractivity contribution >= 4 is 17.4 Å². The van der Waals surface area contributed by atoms with Gasteiger partial charge in [-0.05, 0) is 12.2 Å². The predicted octanol–water partition coefficient (Wildman–Crippen LogP) is 2.90. The van der Waals surface area contributed by atoms with E-state index < -0.39 is 6.10 Å². The van der Waals surface area contributed by atoms with Crippen LogP contribution in [0.5, 0.6) is 0 Å². The molecule has 0 bridgehead atoms. The summed E-state index contributed by atoms with van der Waals surface area (Å²) in [6, 6.07) is 9.01. The summed E-state index contributed by atoms with van der Waals surface area (Å²) >= 11 is 5.78. The number of ketones is 1. The van der Waals surface area contributed by atoms with Crippen LogP contribution < -0.4 is 0 Å². The maximum atomic E-state index is 11.9. The highest BCUT2D eigenvalue weighted by Crippen LogP contribution is 2.16. The van der Waals surface area contributed by atoms with Crippen LogP contribution in [-0.2, 0) is 4.74 Å². The molecule has 1 heterocycles. The molecule has 0 N–H and O–H groups in total. The Morgan fingerprint density at radius 3 is 2.67 bits per heavy atom. The second-order valence-corrected chi connectivity index (χ2v) is 3.58. The van der Waals surface area contributed by atoms with Gasteiger partial charge in [0, 0.05) is 10.6 Å². The van der Waals surface area contributed by atoms with E-state index in [1.54, 1.807) is 24.3 Å². The largest absolute Gasteiger partial charge is 0.486 e. The topological polar surface area (TPSA) is 26.3 Å². The third-order valence-electron chi connectivity index (χ3n) is 2.08. The van der Waals surface area contributed by atoms with Gasteiger partial charge in [0.25, 0.3) is 0 Å². The van der Waals surface area contributed by atoms with E-state index >= 15 is 0 Å². The average Bonchev–Trinajstić information content (AvgIpc) is 2.29. The molecule has 0 aliphatic carbocycles. The van der Waals surface area contributed by atoms with Crippen LogP contribution in [0.4, 0.5) is 0 Å². The number of halogens is 1. The Morgan fingerprint density at radius 1 is 1.27 bits per heavy atom. The van der Waals surface area contributed by atoms with Gasteiger partial charge in [-0.3, -0.25) is 4.79 Å². The Bertz CT molecular complexity index is 421. The van der Waals surface area contributed by atoms with Crippen LogP contribution in [0.15, 0.2) is 53.8 Å². The van der Waals surface area contributed by atoms with Gasteiger partial charge >= 0.3 is 0 Å². The predicted molar refractivity (Wildman–Crippen MR) is 58.7 cm³/mol. The number of allylic oxidation sites excluding steroid dienone is 2. The van der Waals surface area contributed by atoms with Crippen LogP contribution >= 0.6 is 11.6 Å². The van der Waals surface area contributed by atoms with Crippen molar-refractivity contribution in [2.24, 2.45) is 0 Å². The van der Waals surface area contributed by atoms with Gasteiger partial charge in [-0.15, -0.1) is 0 Å². The first-order chi connectivity index (χ1) is 7.27. The molecule has 0 saturated carbocycles. The summed E-state index contributed by atoms with van der Waals surface area (Å²) in [6.45, 7) is 0. The molecule has 0 saturated heterocycles. The first-order valence-corrected chi connectivity index (χ1v) is 4.94. The first-order valence-electron chi connectivity index (χ1n) is 4.56. The molecule has 1 atom stereocenters. The molecule has 3 heteroatoms. The number of ether oxygens (including phenoxy) is 1. The fraction of sp³-hybridized carbons (Fsp3) is 0.0833. The van der Waals surface area contributed by atoms with Crippen LogP contribution in [0.2, 0.25) is 0 Å². The third kappa shape index (κ3) is 2.28. The van der Waals surface area contributed by atoms with Gasteiger partial charge in [-0.2, -0.15) is 0 Å². The second-order valence-electron chi connectivity index (χ2n) is 3.14. The summed E-state index contributed by atoms with van der Waals surface area (Å²) in [7, 11) is 0. The zero-order chi connectivity index (χ0) is 10.7. The van der Waals surface area contributed by atoms with Crippen molar-refractivity contribution in [3.05, 3.63) is 59.3 Å². The highest BCUT2D eigenvalue weighted by atomic mass is 35.5. The summed E-state index contributed by atoms with van der Waals surface area (Å²) in [5.74, 6) is -0.0851. The van der Waals surface area contributed by atoms with Crippen molar-refractivity contribution in [3.63, 3.8) is 0 Å². The molecule has 1 aromatic carbocycles. The van der Waals surface area contributed by atoms with Crippen LogP contribution in [0, 0.1) is 0 Å². The van der Waals surface area contributed by atoms with E-state index in [0.29, 0.717) is 10.6 Å². The molecule has 1 aromatic rings. The quantitative estimate of drug-likeness (QED) is 0.717. The molecule has 0 radical (unpaired) electrons. The van der Waals surface area contributed by atoms with E-state index in [0.717, 1.165) is 0 Å². The molecule has 2 nitrogen and oxygen atoms in total. The number of carbonyl (C=O) groups is 1. The molecule has 0 spiro atoms. The van der Waals surface area contributed by atoms with Crippen LogP contribution in [0.3, 0.4) is 0 Å². The minimum Gasteiger partial charge on any atom is -0.486 e. The monoisotopic (exact) mass is 220 g/mol. The summed E-state index contributed by atoms with van der Waals surface area (Å²) in [4.78, 5) is 11.9. The highest BCUT2D eigenvalue weighted by Gasteiger charge is 2.20. The van der Waals surface area contributed by atoms with Crippen molar-refractivity contribution in [2.45, 2.75) is 6.10 Å². The number of carbonyl (C=O) groups excluding carboxylic acids is 1. The Labute approximate surface area is 92.8 Å². The van der Waals surface area contributed by atoms with Crippen LogP contribution in [0.1, 0.15) is 10.4 Å². The summed E-state index contributed by atoms with van der Waals surface area (Å²) in [6.07, 6.45) is 4.03. The van der Waals surface area contributed by atoms with E-state index in [-0.39, 0.29) is 5.78 Å². The molecule has 1 unspecified atom stereocenters. The number of benzene rings is 1. The normalized spacial score (nSPS) is 19.3. The molecule has 76 valence electrons. The molecule has 1 aliphatic heterocycles. The minimum absolute atomic E-state index is 0.0851. The highest BCUT2D eigenvalue weighted by molar-refractivity contribution is 6.31. The molecule has 2 rings (SSSR count). The van der Waals surface area contributed by atoms with Crippen molar-refractivity contribution < 1.29 is 9.53 Å². The smallest absolute Gasteiger partial charge is 0.207 e. The molecule has 0 aromatic heterocycles. The van der Waals surface area contributed by atoms with Gasteiger partial charge in [-0.25, -0.2) is 0 Å². The summed E-state index contributed by atoms with van der Waals surface area (Å²) in [5, 5.41) is 0.524. The maximum Gasteiger partial charge on any atom is 0.207 e. The lowest BCUT2D eigenvalue weighted by Gasteiger charge is -2.14. The standard InChI is InChI=1S/C12H9ClO2/c13-10-6-7-15-11(8-10)12(14)9-4-2-1-3-5-9/h1-8,11H. The van der Waals surface area contributed by atoms with Gasteiger partial charge < -0.3 is 4.74 Å². The Hall–Kier alpha value is -1.54. The number of Topliss-reactive ketones (excluding diaryl/α,β-unsaturated/α-hetero) is 1. The maximum absolute atomic E-state index is 11.9. The van der Waals surface area contributed by atoms with Crippen molar-refractivity contribution in [1.82, 2.24) is 0 Å². The summed E-state index contributed by atoms with van der Waals surface area (Å²) < 4.78 is 5.17. The van der Waals surface area contributed by atoms with E-state index in [1.807, 2.05) is 18.2 Å². The Kier molecular flexibility index (Phi) is 2.88. The second kappa shape index (κ2) is 4.32. The van der Waals surface area contributed by atoms with E-state index in [9.17, 15) is 4.79 Å². The van der Waals surface area contributed by atoms with E-state index in [1.165, 1.54) is 6.26 Å². The lowest BCUT2D eigenvalue weighted by atomic mass is 10.1. The van der Waals surface area contributed by atoms with Crippen molar-refractivity contribution in [2.75, 3.05) is 0 Å². The molecule has 15 heavy (non-hydrogen) atoms. The Balaban J connectivity index is 2.20. The number of rotatable bonds is 2. The number of hydrogen-bond donors (Lipinski definition) is 0. The first kappa shape index (κ1) is 9.99. The van der Waals surface area contributed by atoms with E-state index in [4.69, 9.17) is 16.3 Å². The summed E-state index contributed by atoms with van der Waals surface area (Å²) in [5.41, 5.74) is 0.624. The van der Waals surface area contributed by atoms with Gasteiger partial charge in [0.15, 0.2) is 6.10 Å². The minimum atomic E-state index is -0.607. The van der Waals surface area contributed by atoms with E-state index in [2.05, 4.69) is 0 Å². The third-order valence-corrected chi connectivity index (χ3v) is 2.33. The molecular weight excluding hydrogens is 212 g/mol.